The van der Waals surface area contributed by atoms with Gasteiger partial charge in [-0.05, 0) is 92.3 Å². The molecule has 0 bridgehead atoms. The predicted molar refractivity (Wildman–Crippen MR) is 168 cm³/mol. The summed E-state index contributed by atoms with van der Waals surface area (Å²) in [7, 11) is 0. The van der Waals surface area contributed by atoms with Crippen molar-refractivity contribution in [3.05, 3.63) is 11.6 Å². The lowest BCUT2D eigenvalue weighted by Gasteiger charge is -2.71. The van der Waals surface area contributed by atoms with E-state index in [1.807, 2.05) is 6.92 Å². The van der Waals surface area contributed by atoms with Crippen molar-refractivity contribution in [2.24, 2.45) is 50.7 Å². The van der Waals surface area contributed by atoms with E-state index >= 15 is 0 Å². The molecule has 1 aliphatic heterocycles. The van der Waals surface area contributed by atoms with Gasteiger partial charge in [0.25, 0.3) is 0 Å². The largest absolute Gasteiger partial charge is 0.432 e. The third-order valence-corrected chi connectivity index (χ3v) is 15.5. The highest BCUT2D eigenvalue weighted by molar-refractivity contribution is 5.79. The van der Waals surface area contributed by atoms with Gasteiger partial charge in [-0.1, -0.05) is 46.3 Å². The van der Waals surface area contributed by atoms with Crippen LogP contribution in [0.4, 0.5) is 0 Å². The molecule has 0 aromatic carbocycles. The lowest BCUT2D eigenvalue weighted by atomic mass is 9.33. The maximum absolute atomic E-state index is 14.5. The number of allylic oxidation sites excluding steroid dienone is 1. The standard InChI is InChI=1S/C36H56O11/c1-18-9-12-36(30(44)47-29-26(42)25(41)24(40)21(16-37)46-29)14-13-33(4)19(27(36)35(18,6)45)7-8-23-31(2)15-20(39)28(43)32(3,17-38)22(31)10-11-34(23,33)5/h7,17-18,20-29,37,39-43,45H,8-16H2,1-6H3/t18-,20+,21+,22+,23+,24+,25-,26+,27+,28-,29-,31-,32-,33+,34+,35+,36-/m0/s1. The molecule has 266 valence electrons. The van der Waals surface area contributed by atoms with Crippen molar-refractivity contribution < 1.29 is 54.8 Å². The van der Waals surface area contributed by atoms with Crippen molar-refractivity contribution in [2.75, 3.05) is 6.61 Å². The third-order valence-electron chi connectivity index (χ3n) is 15.5. The number of ether oxygens (including phenoxy) is 2. The van der Waals surface area contributed by atoms with Gasteiger partial charge in [0.1, 0.15) is 30.7 Å². The average molecular weight is 665 g/mol. The Balaban J connectivity index is 1.40. The summed E-state index contributed by atoms with van der Waals surface area (Å²) >= 11 is 0. The molecule has 7 N–H and O–H groups in total. The zero-order chi connectivity index (χ0) is 34.7. The molecule has 6 rings (SSSR count). The van der Waals surface area contributed by atoms with Crippen LogP contribution in [-0.2, 0) is 19.1 Å². The van der Waals surface area contributed by atoms with E-state index in [-0.39, 0.29) is 23.2 Å². The van der Waals surface area contributed by atoms with Crippen LogP contribution in [0.15, 0.2) is 11.6 Å². The molecule has 5 aliphatic carbocycles. The summed E-state index contributed by atoms with van der Waals surface area (Å²) in [6.45, 7) is 11.6. The first kappa shape index (κ1) is 35.4. The third kappa shape index (κ3) is 4.52. The van der Waals surface area contributed by atoms with E-state index in [4.69, 9.17) is 9.47 Å². The van der Waals surface area contributed by atoms with E-state index in [2.05, 4.69) is 26.8 Å². The quantitative estimate of drug-likeness (QED) is 0.131. The fourth-order valence-electron chi connectivity index (χ4n) is 12.2. The van der Waals surface area contributed by atoms with Crippen molar-refractivity contribution in [1.29, 1.82) is 0 Å². The summed E-state index contributed by atoms with van der Waals surface area (Å²) in [4.78, 5) is 27.0. The topological polar surface area (TPSA) is 194 Å². The average Bonchev–Trinajstić information content (AvgIpc) is 3.02. The fraction of sp³-hybridized carbons (Fsp3) is 0.889. The minimum absolute atomic E-state index is 0.0726. The SMILES string of the molecule is C[C@H]1CC[C@]2(C(=O)O[C@@H]3O[C@H](CO)[C@@H](O)[C@H](O)[C@H]3O)CC[C@]3(C)C(=CC[C@@H]4[C@@]5(C)C[C@@H](O)[C@H](O)[C@@](C)(C=O)[C@@H]5CC[C@]43C)[C@@H]2[C@]1(C)O. The molecule has 0 spiro atoms. The minimum Gasteiger partial charge on any atom is -0.432 e. The maximum Gasteiger partial charge on any atom is 0.315 e. The second-order valence-electron chi connectivity index (χ2n) is 17.4. The van der Waals surface area contributed by atoms with Crippen LogP contribution in [0, 0.1) is 50.7 Å². The Kier molecular flexibility index (Phi) is 8.50. The van der Waals surface area contributed by atoms with Gasteiger partial charge in [0.2, 0.25) is 6.29 Å². The summed E-state index contributed by atoms with van der Waals surface area (Å²) in [6, 6.07) is 0. The molecular formula is C36H56O11. The monoisotopic (exact) mass is 664 g/mol. The van der Waals surface area contributed by atoms with Crippen LogP contribution >= 0.6 is 0 Å². The van der Waals surface area contributed by atoms with Crippen LogP contribution in [0.5, 0.6) is 0 Å². The molecule has 11 nitrogen and oxygen atoms in total. The number of aliphatic hydroxyl groups excluding tert-OH is 6. The zero-order valence-corrected chi connectivity index (χ0v) is 28.6. The van der Waals surface area contributed by atoms with Gasteiger partial charge in [0.15, 0.2) is 0 Å². The summed E-state index contributed by atoms with van der Waals surface area (Å²) in [5.41, 5.74) is -3.68. The molecule has 17 atom stereocenters. The Morgan fingerprint density at radius 2 is 1.64 bits per heavy atom. The van der Waals surface area contributed by atoms with Crippen LogP contribution in [0.2, 0.25) is 0 Å². The Morgan fingerprint density at radius 1 is 0.957 bits per heavy atom. The first-order valence-corrected chi connectivity index (χ1v) is 17.6. The van der Waals surface area contributed by atoms with Gasteiger partial charge in [0, 0.05) is 5.92 Å². The van der Waals surface area contributed by atoms with Gasteiger partial charge in [0.05, 0.1) is 35.2 Å². The molecule has 0 amide bonds. The van der Waals surface area contributed by atoms with Gasteiger partial charge < -0.3 is 50.0 Å². The van der Waals surface area contributed by atoms with Crippen molar-refractivity contribution >= 4 is 12.3 Å². The number of carbonyl (C=O) groups excluding carboxylic acids is 2. The predicted octanol–water partition coefficient (Wildman–Crippen LogP) is 1.61. The Hall–Kier alpha value is -1.44. The van der Waals surface area contributed by atoms with E-state index < -0.39 is 88.7 Å². The normalized spacial score (nSPS) is 57.4. The number of carbonyl (C=O) groups is 2. The molecule has 1 saturated heterocycles. The molecule has 0 radical (unpaired) electrons. The smallest absolute Gasteiger partial charge is 0.315 e. The molecule has 0 aromatic heterocycles. The van der Waals surface area contributed by atoms with Gasteiger partial charge in [-0.25, -0.2) is 0 Å². The summed E-state index contributed by atoms with van der Waals surface area (Å²) < 4.78 is 11.4. The van der Waals surface area contributed by atoms with E-state index in [1.54, 1.807) is 13.8 Å². The van der Waals surface area contributed by atoms with Crippen LogP contribution in [0.1, 0.15) is 92.9 Å². The van der Waals surface area contributed by atoms with Gasteiger partial charge >= 0.3 is 5.97 Å². The van der Waals surface area contributed by atoms with Gasteiger partial charge in [-0.15, -0.1) is 0 Å². The van der Waals surface area contributed by atoms with E-state index in [0.717, 1.165) is 18.3 Å². The number of aldehydes is 1. The molecule has 0 aromatic rings. The summed E-state index contributed by atoms with van der Waals surface area (Å²) in [5.74, 6) is -1.43. The van der Waals surface area contributed by atoms with E-state index in [1.165, 1.54) is 0 Å². The van der Waals surface area contributed by atoms with Crippen LogP contribution in [0.25, 0.3) is 0 Å². The highest BCUT2D eigenvalue weighted by atomic mass is 16.7. The van der Waals surface area contributed by atoms with E-state index in [9.17, 15) is 45.3 Å². The van der Waals surface area contributed by atoms with Crippen LogP contribution < -0.4 is 0 Å². The number of aliphatic hydroxyl groups is 7. The molecule has 0 unspecified atom stereocenters. The maximum atomic E-state index is 14.5. The fourth-order valence-corrected chi connectivity index (χ4v) is 12.2. The second-order valence-corrected chi connectivity index (χ2v) is 17.4. The van der Waals surface area contributed by atoms with Crippen molar-refractivity contribution in [3.63, 3.8) is 0 Å². The highest BCUT2D eigenvalue weighted by Crippen LogP contribution is 2.76. The number of fused-ring (bicyclic) bond motifs is 7. The highest BCUT2D eigenvalue weighted by Gasteiger charge is 2.72. The summed E-state index contributed by atoms with van der Waals surface area (Å²) in [6.07, 6.45) is -2.41. The molecule has 6 aliphatic rings. The van der Waals surface area contributed by atoms with Crippen molar-refractivity contribution in [2.45, 2.75) is 141 Å². The number of rotatable bonds is 4. The second kappa shape index (κ2) is 11.3. The van der Waals surface area contributed by atoms with Gasteiger partial charge in [-0.3, -0.25) is 4.79 Å². The number of hydrogen-bond donors (Lipinski definition) is 7. The molecule has 5 fully saturated rings. The van der Waals surface area contributed by atoms with Crippen molar-refractivity contribution in [1.82, 2.24) is 0 Å². The van der Waals surface area contributed by atoms with Gasteiger partial charge in [-0.2, -0.15) is 0 Å². The van der Waals surface area contributed by atoms with Crippen LogP contribution in [0.3, 0.4) is 0 Å². The molecular weight excluding hydrogens is 608 g/mol. The molecule has 1 heterocycles. The Labute approximate surface area is 277 Å². The first-order chi connectivity index (χ1) is 21.8. The van der Waals surface area contributed by atoms with Crippen molar-refractivity contribution in [3.8, 4) is 0 Å². The minimum atomic E-state index is -1.73. The van der Waals surface area contributed by atoms with E-state index in [0.29, 0.717) is 44.9 Å². The zero-order valence-electron chi connectivity index (χ0n) is 28.6. The Morgan fingerprint density at radius 3 is 2.28 bits per heavy atom. The number of hydrogen-bond acceptors (Lipinski definition) is 11. The lowest BCUT2D eigenvalue weighted by Crippen LogP contribution is -2.69. The van der Waals surface area contributed by atoms with Crippen LogP contribution in [-0.4, -0.2) is 103 Å². The molecule has 11 heteroatoms. The molecule has 4 saturated carbocycles. The lowest BCUT2D eigenvalue weighted by molar-refractivity contribution is -0.299. The summed E-state index contributed by atoms with van der Waals surface area (Å²) in [5, 5.41) is 75.5. The number of esters is 1. The molecule has 47 heavy (non-hydrogen) atoms. The first-order valence-electron chi connectivity index (χ1n) is 17.6. The Bertz CT molecular complexity index is 1300.